The number of halogens is 1. The van der Waals surface area contributed by atoms with Crippen molar-refractivity contribution in [1.29, 1.82) is 0 Å². The van der Waals surface area contributed by atoms with Gasteiger partial charge in [0.1, 0.15) is 11.6 Å². The number of carbonyl (C=O) groups excluding carboxylic acids is 2. The van der Waals surface area contributed by atoms with Gasteiger partial charge in [-0.1, -0.05) is 18.2 Å². The number of nitrogens with zero attached hydrogens (tertiary/aromatic N) is 1. The molecule has 1 N–H and O–H groups in total. The van der Waals surface area contributed by atoms with Gasteiger partial charge in [-0.25, -0.2) is 4.39 Å². The minimum atomic E-state index is -0.544. The van der Waals surface area contributed by atoms with Crippen molar-refractivity contribution in [3.63, 3.8) is 0 Å². The summed E-state index contributed by atoms with van der Waals surface area (Å²) >= 11 is 0. The highest BCUT2D eigenvalue weighted by Gasteiger charge is 2.36. The third-order valence-electron chi connectivity index (χ3n) is 4.25. The summed E-state index contributed by atoms with van der Waals surface area (Å²) in [5, 5.41) is 2.56. The van der Waals surface area contributed by atoms with E-state index in [1.165, 1.54) is 19.2 Å². The summed E-state index contributed by atoms with van der Waals surface area (Å²) in [4.78, 5) is 26.4. The average Bonchev–Trinajstić information content (AvgIpc) is 2.98. The van der Waals surface area contributed by atoms with E-state index in [2.05, 4.69) is 5.32 Å². The molecule has 2 aromatic rings. The van der Waals surface area contributed by atoms with Crippen molar-refractivity contribution in [3.05, 3.63) is 53.8 Å². The van der Waals surface area contributed by atoms with E-state index in [1.807, 2.05) is 19.1 Å². The predicted molar refractivity (Wildman–Crippen MR) is 93.2 cm³/mol. The third kappa shape index (κ3) is 3.47. The zero-order valence-corrected chi connectivity index (χ0v) is 14.1. The van der Waals surface area contributed by atoms with Crippen LogP contribution in [0.25, 0.3) is 0 Å². The zero-order chi connectivity index (χ0) is 18.0. The number of rotatable bonds is 4. The predicted octanol–water partition coefficient (Wildman–Crippen LogP) is 3.13. The van der Waals surface area contributed by atoms with Gasteiger partial charge in [-0.3, -0.25) is 9.59 Å². The van der Waals surface area contributed by atoms with E-state index in [1.54, 1.807) is 23.1 Å². The van der Waals surface area contributed by atoms with Crippen LogP contribution in [0.4, 0.5) is 15.8 Å². The van der Waals surface area contributed by atoms with Crippen molar-refractivity contribution in [2.24, 2.45) is 5.92 Å². The van der Waals surface area contributed by atoms with Gasteiger partial charge in [0, 0.05) is 13.0 Å². The normalized spacial score (nSPS) is 16.8. The van der Waals surface area contributed by atoms with Crippen LogP contribution in [0.2, 0.25) is 0 Å². The van der Waals surface area contributed by atoms with Crippen LogP contribution in [-0.4, -0.2) is 25.5 Å². The van der Waals surface area contributed by atoms with Crippen LogP contribution in [0.1, 0.15) is 12.0 Å². The number of aryl methyl sites for hydroxylation is 1. The molecule has 1 saturated heterocycles. The Kier molecular flexibility index (Phi) is 4.70. The van der Waals surface area contributed by atoms with Gasteiger partial charge in [0.15, 0.2) is 0 Å². The number of hydrogen-bond donors (Lipinski definition) is 1. The van der Waals surface area contributed by atoms with Crippen molar-refractivity contribution in [2.45, 2.75) is 13.3 Å². The smallest absolute Gasteiger partial charge is 0.229 e. The van der Waals surface area contributed by atoms with E-state index in [0.29, 0.717) is 11.4 Å². The SMILES string of the molecule is COc1ccc(C)cc1N1C[C@H](C(=O)Nc2ccccc2F)CC1=O. The van der Waals surface area contributed by atoms with Crippen LogP contribution < -0.4 is 15.0 Å². The fourth-order valence-electron chi connectivity index (χ4n) is 2.92. The molecule has 1 heterocycles. The summed E-state index contributed by atoms with van der Waals surface area (Å²) in [6.07, 6.45) is 0.0807. The quantitative estimate of drug-likeness (QED) is 0.929. The maximum atomic E-state index is 13.7. The number of para-hydroxylation sites is 1. The molecule has 1 aliphatic heterocycles. The first-order chi connectivity index (χ1) is 12.0. The number of methoxy groups -OCH3 is 1. The number of benzene rings is 2. The van der Waals surface area contributed by atoms with Crippen LogP contribution in [-0.2, 0) is 9.59 Å². The van der Waals surface area contributed by atoms with Crippen LogP contribution in [0.5, 0.6) is 5.75 Å². The lowest BCUT2D eigenvalue weighted by molar-refractivity contribution is -0.122. The molecule has 0 saturated carbocycles. The third-order valence-corrected chi connectivity index (χ3v) is 4.25. The second-order valence-corrected chi connectivity index (χ2v) is 6.05. The van der Waals surface area contributed by atoms with Crippen molar-refractivity contribution in [2.75, 3.05) is 23.9 Å². The molecule has 1 aliphatic rings. The highest BCUT2D eigenvalue weighted by atomic mass is 19.1. The maximum absolute atomic E-state index is 13.7. The number of nitrogens with one attached hydrogen (secondary N) is 1. The van der Waals surface area contributed by atoms with Gasteiger partial charge in [0.2, 0.25) is 11.8 Å². The van der Waals surface area contributed by atoms with Gasteiger partial charge < -0.3 is 15.0 Å². The van der Waals surface area contributed by atoms with Crippen molar-refractivity contribution in [1.82, 2.24) is 0 Å². The highest BCUT2D eigenvalue weighted by Crippen LogP contribution is 2.34. The lowest BCUT2D eigenvalue weighted by Crippen LogP contribution is -2.28. The Morgan fingerprint density at radius 3 is 2.76 bits per heavy atom. The largest absolute Gasteiger partial charge is 0.495 e. The summed E-state index contributed by atoms with van der Waals surface area (Å²) in [7, 11) is 1.54. The molecule has 25 heavy (non-hydrogen) atoms. The Morgan fingerprint density at radius 2 is 2.04 bits per heavy atom. The Hall–Kier alpha value is -2.89. The molecule has 0 unspecified atom stereocenters. The molecular weight excluding hydrogens is 323 g/mol. The van der Waals surface area contributed by atoms with Crippen LogP contribution in [0, 0.1) is 18.7 Å². The Labute approximate surface area is 145 Å². The monoisotopic (exact) mass is 342 g/mol. The molecule has 1 fully saturated rings. The fraction of sp³-hybridized carbons (Fsp3) is 0.263. The maximum Gasteiger partial charge on any atom is 0.229 e. The molecule has 5 nitrogen and oxygen atoms in total. The highest BCUT2D eigenvalue weighted by molar-refractivity contribution is 6.04. The number of amides is 2. The van der Waals surface area contributed by atoms with Crippen LogP contribution in [0.3, 0.4) is 0 Å². The Balaban J connectivity index is 1.78. The fourth-order valence-corrected chi connectivity index (χ4v) is 2.92. The summed E-state index contributed by atoms with van der Waals surface area (Å²) < 4.78 is 19.0. The number of ether oxygens (including phenoxy) is 1. The molecule has 2 amide bonds. The van der Waals surface area contributed by atoms with E-state index in [-0.39, 0.29) is 30.5 Å². The molecule has 1 atom stereocenters. The van der Waals surface area contributed by atoms with E-state index < -0.39 is 11.7 Å². The lowest BCUT2D eigenvalue weighted by atomic mass is 10.1. The van der Waals surface area contributed by atoms with Crippen LogP contribution in [0.15, 0.2) is 42.5 Å². The van der Waals surface area contributed by atoms with E-state index >= 15 is 0 Å². The molecule has 6 heteroatoms. The van der Waals surface area contributed by atoms with E-state index in [9.17, 15) is 14.0 Å². The molecule has 0 aliphatic carbocycles. The zero-order valence-electron chi connectivity index (χ0n) is 14.1. The summed E-state index contributed by atoms with van der Waals surface area (Å²) in [5.74, 6) is -0.992. The second kappa shape index (κ2) is 6.93. The number of carbonyl (C=O) groups is 2. The lowest BCUT2D eigenvalue weighted by Gasteiger charge is -2.20. The van der Waals surface area contributed by atoms with Gasteiger partial charge in [0.25, 0.3) is 0 Å². The van der Waals surface area contributed by atoms with Crippen molar-refractivity contribution < 1.29 is 18.7 Å². The molecule has 0 radical (unpaired) electrons. The summed E-state index contributed by atoms with van der Waals surface area (Å²) in [6, 6.07) is 11.5. The van der Waals surface area contributed by atoms with Gasteiger partial charge in [0.05, 0.1) is 24.4 Å². The van der Waals surface area contributed by atoms with Gasteiger partial charge in [-0.15, -0.1) is 0 Å². The summed E-state index contributed by atoms with van der Waals surface area (Å²) in [5.41, 5.74) is 1.75. The van der Waals surface area contributed by atoms with Crippen LogP contribution >= 0.6 is 0 Å². The first kappa shape index (κ1) is 17.0. The first-order valence-electron chi connectivity index (χ1n) is 8.00. The molecule has 0 aromatic heterocycles. The van der Waals surface area contributed by atoms with Crippen molar-refractivity contribution >= 4 is 23.2 Å². The minimum absolute atomic E-state index is 0.0807. The number of anilines is 2. The molecule has 130 valence electrons. The Morgan fingerprint density at radius 1 is 1.28 bits per heavy atom. The molecular formula is C19H19FN2O3. The van der Waals surface area contributed by atoms with E-state index in [4.69, 9.17) is 4.74 Å². The summed E-state index contributed by atoms with van der Waals surface area (Å²) in [6.45, 7) is 2.16. The molecule has 2 aromatic carbocycles. The van der Waals surface area contributed by atoms with Gasteiger partial charge >= 0.3 is 0 Å². The molecule has 3 rings (SSSR count). The molecule has 0 bridgehead atoms. The number of hydrogen-bond acceptors (Lipinski definition) is 3. The Bertz CT molecular complexity index is 822. The standard InChI is InChI=1S/C19H19FN2O3/c1-12-7-8-17(25-2)16(9-12)22-11-13(10-18(22)23)19(24)21-15-6-4-3-5-14(15)20/h3-9,13H,10-11H2,1-2H3,(H,21,24)/t13-/m1/s1. The van der Waals surface area contributed by atoms with Gasteiger partial charge in [-0.05, 0) is 36.8 Å². The molecule has 0 spiro atoms. The minimum Gasteiger partial charge on any atom is -0.495 e. The van der Waals surface area contributed by atoms with E-state index in [0.717, 1.165) is 5.56 Å². The average molecular weight is 342 g/mol. The topological polar surface area (TPSA) is 58.6 Å². The van der Waals surface area contributed by atoms with Gasteiger partial charge in [-0.2, -0.15) is 0 Å². The first-order valence-corrected chi connectivity index (χ1v) is 8.00. The second-order valence-electron chi connectivity index (χ2n) is 6.05. The van der Waals surface area contributed by atoms with Crippen molar-refractivity contribution in [3.8, 4) is 5.75 Å².